The van der Waals surface area contributed by atoms with Crippen LogP contribution in [0.25, 0.3) is 0 Å². The molecule has 0 aromatic carbocycles. The summed E-state index contributed by atoms with van der Waals surface area (Å²) in [6, 6.07) is 0. The van der Waals surface area contributed by atoms with Crippen molar-refractivity contribution in [3.63, 3.8) is 0 Å². The summed E-state index contributed by atoms with van der Waals surface area (Å²) in [7, 11) is -1.56. The first-order valence-electron chi connectivity index (χ1n) is 10.6. The average molecular weight is 354 g/mol. The molecule has 142 valence electrons. The summed E-state index contributed by atoms with van der Waals surface area (Å²) in [6.07, 6.45) is 12.9. The summed E-state index contributed by atoms with van der Waals surface area (Å²) in [6.45, 7) is 15.3. The molecule has 0 aromatic heterocycles. The van der Waals surface area contributed by atoms with Gasteiger partial charge in [-0.15, -0.1) is 0 Å². The summed E-state index contributed by atoms with van der Waals surface area (Å²) in [5, 5.41) is 4.13. The lowest BCUT2D eigenvalue weighted by molar-refractivity contribution is 0.169. The van der Waals surface area contributed by atoms with Crippen LogP contribution in [0.1, 0.15) is 78.6 Å². The van der Waals surface area contributed by atoms with Crippen LogP contribution in [0.2, 0.25) is 18.1 Å². The molecule has 0 bridgehead atoms. The summed E-state index contributed by atoms with van der Waals surface area (Å²) in [5.41, 5.74) is 0. The second kappa shape index (κ2) is 9.18. The van der Waals surface area contributed by atoms with Crippen molar-refractivity contribution in [2.75, 3.05) is 19.7 Å². The SMILES string of the molecule is CC(C)(C)[Si](C)(C)OCC1CCC(CNCC2CCCCC2)CC1. The van der Waals surface area contributed by atoms with E-state index in [9.17, 15) is 0 Å². The Balaban J connectivity index is 1.58. The monoisotopic (exact) mass is 353 g/mol. The van der Waals surface area contributed by atoms with E-state index in [1.54, 1.807) is 0 Å². The number of nitrogens with one attached hydrogen (secondary N) is 1. The van der Waals surface area contributed by atoms with Gasteiger partial charge in [0.25, 0.3) is 0 Å². The quantitative estimate of drug-likeness (QED) is 0.568. The minimum absolute atomic E-state index is 0.341. The van der Waals surface area contributed by atoms with Crippen LogP contribution in [-0.2, 0) is 4.43 Å². The Kier molecular flexibility index (Phi) is 7.82. The minimum atomic E-state index is -1.56. The third kappa shape index (κ3) is 6.46. The molecule has 2 saturated carbocycles. The van der Waals surface area contributed by atoms with Gasteiger partial charge in [-0.25, -0.2) is 0 Å². The lowest BCUT2D eigenvalue weighted by atomic mass is 9.82. The highest BCUT2D eigenvalue weighted by Crippen LogP contribution is 2.38. The first-order chi connectivity index (χ1) is 11.3. The van der Waals surface area contributed by atoms with Gasteiger partial charge in [-0.1, -0.05) is 40.0 Å². The smallest absolute Gasteiger partial charge is 0.191 e. The standard InChI is InChI=1S/C21H43NOSi/c1-21(2,3)24(4,5)23-17-20-13-11-19(12-14-20)16-22-15-18-9-7-6-8-10-18/h18-20,22H,6-17H2,1-5H3. The van der Waals surface area contributed by atoms with E-state index in [4.69, 9.17) is 4.43 Å². The Labute approximate surface area is 152 Å². The zero-order valence-electron chi connectivity index (χ0n) is 17.1. The predicted molar refractivity (Wildman–Crippen MR) is 108 cm³/mol. The molecule has 0 atom stereocenters. The van der Waals surface area contributed by atoms with Crippen molar-refractivity contribution >= 4 is 8.32 Å². The Morgan fingerprint density at radius 1 is 0.792 bits per heavy atom. The third-order valence-electron chi connectivity index (χ3n) is 7.04. The molecule has 0 unspecified atom stereocenters. The van der Waals surface area contributed by atoms with E-state index in [0.29, 0.717) is 5.04 Å². The van der Waals surface area contributed by atoms with Gasteiger partial charge in [-0.3, -0.25) is 0 Å². The molecule has 2 aliphatic carbocycles. The van der Waals surface area contributed by atoms with Crippen LogP contribution in [0, 0.1) is 17.8 Å². The Morgan fingerprint density at radius 2 is 1.29 bits per heavy atom. The van der Waals surface area contributed by atoms with Crippen molar-refractivity contribution in [3.05, 3.63) is 0 Å². The van der Waals surface area contributed by atoms with Crippen molar-refractivity contribution in [3.8, 4) is 0 Å². The summed E-state index contributed by atoms with van der Waals surface area (Å²) in [4.78, 5) is 0. The van der Waals surface area contributed by atoms with E-state index in [-0.39, 0.29) is 0 Å². The highest BCUT2D eigenvalue weighted by molar-refractivity contribution is 6.74. The Morgan fingerprint density at radius 3 is 1.83 bits per heavy atom. The Hall–Kier alpha value is 0.137. The maximum atomic E-state index is 6.45. The predicted octanol–water partition coefficient (Wildman–Crippen LogP) is 5.98. The molecule has 1 N–H and O–H groups in total. The average Bonchev–Trinajstić information content (AvgIpc) is 2.54. The molecule has 0 aromatic rings. The van der Waals surface area contributed by atoms with E-state index in [1.165, 1.54) is 70.9 Å². The normalized spacial score (nSPS) is 27.4. The molecular weight excluding hydrogens is 310 g/mol. The van der Waals surface area contributed by atoms with Gasteiger partial charge in [-0.2, -0.15) is 0 Å². The van der Waals surface area contributed by atoms with Crippen LogP contribution in [0.5, 0.6) is 0 Å². The summed E-state index contributed by atoms with van der Waals surface area (Å²) < 4.78 is 6.45. The molecule has 2 nitrogen and oxygen atoms in total. The molecular formula is C21H43NOSi. The van der Waals surface area contributed by atoms with Gasteiger partial charge in [0.05, 0.1) is 0 Å². The van der Waals surface area contributed by atoms with Gasteiger partial charge in [0.1, 0.15) is 0 Å². The first kappa shape index (κ1) is 20.4. The molecule has 0 aliphatic heterocycles. The third-order valence-corrected chi connectivity index (χ3v) is 11.5. The zero-order valence-corrected chi connectivity index (χ0v) is 18.1. The summed E-state index contributed by atoms with van der Waals surface area (Å²) in [5.74, 6) is 2.69. The van der Waals surface area contributed by atoms with Gasteiger partial charge in [0.15, 0.2) is 8.32 Å². The minimum Gasteiger partial charge on any atom is -0.417 e. The molecule has 3 heteroatoms. The van der Waals surface area contributed by atoms with E-state index in [0.717, 1.165) is 24.4 Å². The van der Waals surface area contributed by atoms with Crippen molar-refractivity contribution in [2.45, 2.75) is 96.7 Å². The van der Waals surface area contributed by atoms with E-state index >= 15 is 0 Å². The van der Waals surface area contributed by atoms with Gasteiger partial charge in [-0.05, 0) is 87.5 Å². The van der Waals surface area contributed by atoms with Crippen molar-refractivity contribution in [2.24, 2.45) is 17.8 Å². The fraction of sp³-hybridized carbons (Fsp3) is 1.00. The van der Waals surface area contributed by atoms with E-state index in [1.807, 2.05) is 0 Å². The van der Waals surface area contributed by atoms with Crippen molar-refractivity contribution in [1.82, 2.24) is 5.32 Å². The van der Waals surface area contributed by atoms with Crippen molar-refractivity contribution in [1.29, 1.82) is 0 Å². The van der Waals surface area contributed by atoms with Crippen LogP contribution in [0.3, 0.4) is 0 Å². The molecule has 0 radical (unpaired) electrons. The van der Waals surface area contributed by atoms with Gasteiger partial charge < -0.3 is 9.74 Å². The molecule has 0 heterocycles. The number of hydrogen-bond acceptors (Lipinski definition) is 2. The highest BCUT2D eigenvalue weighted by Gasteiger charge is 2.37. The molecule has 0 saturated heterocycles. The summed E-state index contributed by atoms with van der Waals surface area (Å²) >= 11 is 0. The van der Waals surface area contributed by atoms with Crippen LogP contribution in [-0.4, -0.2) is 28.0 Å². The molecule has 2 aliphatic rings. The lowest BCUT2D eigenvalue weighted by Crippen LogP contribution is -2.42. The maximum Gasteiger partial charge on any atom is 0.191 e. The van der Waals surface area contributed by atoms with Gasteiger partial charge in [0, 0.05) is 6.61 Å². The number of rotatable bonds is 7. The maximum absolute atomic E-state index is 6.45. The highest BCUT2D eigenvalue weighted by atomic mass is 28.4. The fourth-order valence-electron chi connectivity index (χ4n) is 4.03. The van der Waals surface area contributed by atoms with Crippen LogP contribution < -0.4 is 5.32 Å². The largest absolute Gasteiger partial charge is 0.417 e. The van der Waals surface area contributed by atoms with Crippen LogP contribution in [0.4, 0.5) is 0 Å². The molecule has 0 spiro atoms. The van der Waals surface area contributed by atoms with Crippen LogP contribution in [0.15, 0.2) is 0 Å². The van der Waals surface area contributed by atoms with Gasteiger partial charge >= 0.3 is 0 Å². The first-order valence-corrected chi connectivity index (χ1v) is 13.5. The lowest BCUT2D eigenvalue weighted by Gasteiger charge is -2.38. The topological polar surface area (TPSA) is 21.3 Å². The Bertz CT molecular complexity index is 349. The zero-order chi connectivity index (χ0) is 17.6. The van der Waals surface area contributed by atoms with E-state index < -0.39 is 8.32 Å². The molecule has 24 heavy (non-hydrogen) atoms. The second-order valence-corrected chi connectivity index (χ2v) is 14.9. The fourth-order valence-corrected chi connectivity index (χ4v) is 5.11. The van der Waals surface area contributed by atoms with Crippen LogP contribution >= 0.6 is 0 Å². The number of hydrogen-bond donors (Lipinski definition) is 1. The molecule has 2 fully saturated rings. The van der Waals surface area contributed by atoms with Crippen molar-refractivity contribution < 1.29 is 4.43 Å². The molecule has 2 rings (SSSR count). The second-order valence-electron chi connectivity index (χ2n) is 10.1. The van der Waals surface area contributed by atoms with E-state index in [2.05, 4.69) is 39.2 Å². The molecule has 0 amide bonds. The van der Waals surface area contributed by atoms with Gasteiger partial charge in [0.2, 0.25) is 0 Å².